The summed E-state index contributed by atoms with van der Waals surface area (Å²) in [5.74, 6) is -1.17. The molecule has 1 aliphatic rings. The minimum absolute atomic E-state index is 0.0585. The number of amides is 2. The third kappa shape index (κ3) is 4.86. The molecule has 3 rings (SSSR count). The van der Waals surface area contributed by atoms with Crippen molar-refractivity contribution in [2.75, 3.05) is 5.32 Å². The Morgan fingerprint density at radius 3 is 2.68 bits per heavy atom. The van der Waals surface area contributed by atoms with Crippen molar-refractivity contribution in [1.82, 2.24) is 5.32 Å². The van der Waals surface area contributed by atoms with Gasteiger partial charge in [0.25, 0.3) is 0 Å². The van der Waals surface area contributed by atoms with Crippen LogP contribution < -0.4 is 10.6 Å². The lowest BCUT2D eigenvalue weighted by molar-refractivity contribution is -0.122. The Kier molecular flexibility index (Phi) is 5.90. The van der Waals surface area contributed by atoms with E-state index in [-0.39, 0.29) is 23.8 Å². The number of rotatable bonds is 6. The first-order valence-corrected chi connectivity index (χ1v) is 9.07. The molecule has 144 valence electrons. The Labute approximate surface area is 163 Å². The predicted octanol–water partition coefficient (Wildman–Crippen LogP) is 2.32. The summed E-state index contributed by atoms with van der Waals surface area (Å²) < 4.78 is 5.20. The third-order valence-electron chi connectivity index (χ3n) is 3.73. The van der Waals surface area contributed by atoms with Crippen LogP contribution in [0.2, 0.25) is 0 Å². The molecule has 0 radical (unpaired) electrons. The fraction of sp³-hybridized carbons (Fsp3) is 0.167. The maximum atomic E-state index is 12.2. The highest BCUT2D eigenvalue weighted by Crippen LogP contribution is 2.23. The molecular formula is C18H16N4O5S. The molecule has 1 aromatic heterocycles. The van der Waals surface area contributed by atoms with E-state index >= 15 is 0 Å². The van der Waals surface area contributed by atoms with Crippen LogP contribution in [-0.4, -0.2) is 39.0 Å². The third-order valence-corrected chi connectivity index (χ3v) is 4.80. The Morgan fingerprint density at radius 1 is 1.29 bits per heavy atom. The summed E-state index contributed by atoms with van der Waals surface area (Å²) >= 11 is 1.12. The lowest BCUT2D eigenvalue weighted by atomic mass is 10.2. The topological polar surface area (TPSA) is 133 Å². The summed E-state index contributed by atoms with van der Waals surface area (Å²) in [4.78, 5) is 35.0. The van der Waals surface area contributed by atoms with Crippen LogP contribution in [-0.2, 0) is 9.59 Å². The van der Waals surface area contributed by atoms with Crippen LogP contribution in [0.1, 0.15) is 29.5 Å². The molecule has 1 aromatic carbocycles. The van der Waals surface area contributed by atoms with Crippen molar-refractivity contribution in [3.8, 4) is 0 Å². The van der Waals surface area contributed by atoms with Crippen molar-refractivity contribution >= 4 is 46.1 Å². The zero-order valence-electron chi connectivity index (χ0n) is 14.7. The predicted molar refractivity (Wildman–Crippen MR) is 105 cm³/mol. The van der Waals surface area contributed by atoms with E-state index in [9.17, 15) is 14.4 Å². The van der Waals surface area contributed by atoms with Gasteiger partial charge in [-0.2, -0.15) is 0 Å². The monoisotopic (exact) mass is 400 g/mol. The molecule has 28 heavy (non-hydrogen) atoms. The highest BCUT2D eigenvalue weighted by molar-refractivity contribution is 8.15. The minimum atomic E-state index is -1.05. The van der Waals surface area contributed by atoms with Crippen LogP contribution in [0, 0.1) is 0 Å². The molecule has 2 amide bonds. The number of carbonyl (C=O) groups is 3. The Bertz CT molecular complexity index is 951. The Morgan fingerprint density at radius 2 is 2.04 bits per heavy atom. The number of hydrogen-bond acceptors (Lipinski definition) is 7. The van der Waals surface area contributed by atoms with Gasteiger partial charge in [0.15, 0.2) is 5.17 Å². The number of nitrogens with one attached hydrogen (secondary N) is 2. The molecule has 9 nitrogen and oxygen atoms in total. The molecular weight excluding hydrogens is 384 g/mol. The normalized spacial score (nSPS) is 18.2. The molecule has 1 fully saturated rings. The van der Waals surface area contributed by atoms with Gasteiger partial charge in [-0.05, 0) is 43.3 Å². The molecule has 1 atom stereocenters. The maximum absolute atomic E-state index is 12.2. The van der Waals surface area contributed by atoms with E-state index in [1.165, 1.54) is 30.5 Å². The van der Waals surface area contributed by atoms with Crippen molar-refractivity contribution in [1.29, 1.82) is 0 Å². The number of carboxylic acid groups (broad SMARTS) is 1. The maximum Gasteiger partial charge on any atom is 0.335 e. The van der Waals surface area contributed by atoms with Crippen molar-refractivity contribution in [2.24, 2.45) is 10.2 Å². The second kappa shape index (κ2) is 8.53. The number of thioether (sulfide) groups is 1. The molecule has 0 bridgehead atoms. The van der Waals surface area contributed by atoms with E-state index in [1.807, 2.05) is 0 Å². The number of benzene rings is 1. The smallest absolute Gasteiger partial charge is 0.335 e. The fourth-order valence-corrected chi connectivity index (χ4v) is 3.23. The number of anilines is 1. The first-order valence-electron chi connectivity index (χ1n) is 8.19. The SMILES string of the molecule is C/C(=N\N=C1/NC(=O)C(CC(=O)Nc2ccc(C(=O)O)cc2)S1)c1ccco1. The zero-order chi connectivity index (χ0) is 20.1. The van der Waals surface area contributed by atoms with Gasteiger partial charge in [0.1, 0.15) is 16.7 Å². The van der Waals surface area contributed by atoms with Crippen molar-refractivity contribution in [3.63, 3.8) is 0 Å². The fourth-order valence-electron chi connectivity index (χ4n) is 2.32. The number of carboxylic acids is 1. The Balaban J connectivity index is 1.56. The van der Waals surface area contributed by atoms with Gasteiger partial charge in [-0.1, -0.05) is 11.8 Å². The molecule has 2 heterocycles. The van der Waals surface area contributed by atoms with E-state index in [4.69, 9.17) is 9.52 Å². The van der Waals surface area contributed by atoms with Crippen LogP contribution in [0.15, 0.2) is 57.3 Å². The van der Waals surface area contributed by atoms with Crippen molar-refractivity contribution in [2.45, 2.75) is 18.6 Å². The van der Waals surface area contributed by atoms with Gasteiger partial charge in [-0.3, -0.25) is 9.59 Å². The molecule has 0 spiro atoms. The standard InChI is InChI=1S/C18H16N4O5S/c1-10(13-3-2-8-27-13)21-22-18-20-16(24)14(28-18)9-15(23)19-12-6-4-11(5-7-12)17(25)26/h2-8,14H,9H2,1H3,(H,19,23)(H,25,26)(H,20,22,24)/b21-10+. The molecule has 1 unspecified atom stereocenters. The largest absolute Gasteiger partial charge is 0.478 e. The number of furan rings is 1. The highest BCUT2D eigenvalue weighted by Gasteiger charge is 2.32. The number of amidine groups is 1. The van der Waals surface area contributed by atoms with Crippen LogP contribution in [0.4, 0.5) is 5.69 Å². The van der Waals surface area contributed by atoms with Crippen LogP contribution >= 0.6 is 11.8 Å². The summed E-state index contributed by atoms with van der Waals surface area (Å²) in [5, 5.41) is 21.8. The molecule has 10 heteroatoms. The zero-order valence-corrected chi connectivity index (χ0v) is 15.5. The summed E-state index contributed by atoms with van der Waals surface area (Å²) in [6.45, 7) is 1.73. The minimum Gasteiger partial charge on any atom is -0.478 e. The number of hydrogen-bond donors (Lipinski definition) is 3. The van der Waals surface area contributed by atoms with Gasteiger partial charge in [-0.15, -0.1) is 10.2 Å². The van der Waals surface area contributed by atoms with Crippen molar-refractivity contribution < 1.29 is 23.9 Å². The van der Waals surface area contributed by atoms with E-state index < -0.39 is 11.2 Å². The number of carbonyl (C=O) groups excluding carboxylic acids is 2. The molecule has 0 aliphatic carbocycles. The molecule has 3 N–H and O–H groups in total. The lowest BCUT2D eigenvalue weighted by Crippen LogP contribution is -2.28. The molecule has 1 saturated heterocycles. The summed E-state index contributed by atoms with van der Waals surface area (Å²) in [6, 6.07) is 9.23. The van der Waals surface area contributed by atoms with Crippen molar-refractivity contribution in [3.05, 3.63) is 54.0 Å². The average Bonchev–Trinajstić information content (AvgIpc) is 3.31. The quantitative estimate of drug-likeness (QED) is 0.503. The summed E-state index contributed by atoms with van der Waals surface area (Å²) in [6.07, 6.45) is 1.47. The highest BCUT2D eigenvalue weighted by atomic mass is 32.2. The molecule has 1 aliphatic heterocycles. The molecule has 2 aromatic rings. The van der Waals surface area contributed by atoms with Gasteiger partial charge in [0.2, 0.25) is 11.8 Å². The number of nitrogens with zero attached hydrogens (tertiary/aromatic N) is 2. The van der Waals surface area contributed by atoms with E-state index in [0.717, 1.165) is 11.8 Å². The van der Waals surface area contributed by atoms with Gasteiger partial charge >= 0.3 is 5.97 Å². The van der Waals surface area contributed by atoms with Crippen LogP contribution in [0.25, 0.3) is 0 Å². The first-order chi connectivity index (χ1) is 13.4. The van der Waals surface area contributed by atoms with Crippen LogP contribution in [0.5, 0.6) is 0 Å². The van der Waals surface area contributed by atoms with Crippen LogP contribution in [0.3, 0.4) is 0 Å². The summed E-state index contributed by atoms with van der Waals surface area (Å²) in [7, 11) is 0. The van der Waals surface area contributed by atoms with Gasteiger partial charge < -0.3 is 20.2 Å². The van der Waals surface area contributed by atoms with Gasteiger partial charge in [0.05, 0.1) is 11.8 Å². The Hall–Kier alpha value is -3.40. The van der Waals surface area contributed by atoms with E-state index in [2.05, 4.69) is 20.8 Å². The first kappa shape index (κ1) is 19.4. The average molecular weight is 400 g/mol. The second-order valence-corrected chi connectivity index (χ2v) is 6.99. The number of aromatic carboxylic acids is 1. The summed E-state index contributed by atoms with van der Waals surface area (Å²) in [5.41, 5.74) is 1.12. The lowest BCUT2D eigenvalue weighted by Gasteiger charge is -2.07. The van der Waals surface area contributed by atoms with E-state index in [0.29, 0.717) is 22.3 Å². The van der Waals surface area contributed by atoms with Gasteiger partial charge in [0, 0.05) is 12.1 Å². The van der Waals surface area contributed by atoms with E-state index in [1.54, 1.807) is 19.1 Å². The molecule has 0 saturated carbocycles. The van der Waals surface area contributed by atoms with Gasteiger partial charge in [-0.25, -0.2) is 4.79 Å². The second-order valence-electron chi connectivity index (χ2n) is 5.80.